The van der Waals surface area contributed by atoms with Crippen molar-refractivity contribution in [2.24, 2.45) is 0 Å². The number of nitrogens with one attached hydrogen (secondary N) is 2. The molecule has 3 aromatic rings. The van der Waals surface area contributed by atoms with E-state index in [0.717, 1.165) is 16.5 Å². The molecule has 1 heterocycles. The van der Waals surface area contributed by atoms with E-state index >= 15 is 0 Å². The van der Waals surface area contributed by atoms with E-state index in [1.54, 1.807) is 13.2 Å². The van der Waals surface area contributed by atoms with Crippen LogP contribution in [0.3, 0.4) is 0 Å². The topological polar surface area (TPSA) is 80.4 Å². The third kappa shape index (κ3) is 3.85. The maximum absolute atomic E-state index is 12.3. The molecule has 0 fully saturated rings. The van der Waals surface area contributed by atoms with Gasteiger partial charge < -0.3 is 19.8 Å². The van der Waals surface area contributed by atoms with E-state index in [9.17, 15) is 9.59 Å². The molecule has 0 radical (unpaired) electrons. The van der Waals surface area contributed by atoms with Crippen LogP contribution in [0.5, 0.6) is 5.75 Å². The SMILES string of the molecule is COc1ccccc1CNC(=O)[C@@H](C)OC(=O)c1cc2ccccc2[nH]1. The van der Waals surface area contributed by atoms with Gasteiger partial charge in [-0.05, 0) is 25.1 Å². The van der Waals surface area contributed by atoms with Gasteiger partial charge in [0.15, 0.2) is 6.10 Å². The van der Waals surface area contributed by atoms with Crippen molar-refractivity contribution in [3.05, 3.63) is 65.9 Å². The molecule has 0 aliphatic heterocycles. The molecular formula is C20H20N2O4. The molecule has 3 rings (SSSR count). The van der Waals surface area contributed by atoms with Crippen LogP contribution >= 0.6 is 0 Å². The molecule has 0 spiro atoms. The highest BCUT2D eigenvalue weighted by molar-refractivity contribution is 5.96. The first kappa shape index (κ1) is 17.5. The summed E-state index contributed by atoms with van der Waals surface area (Å²) < 4.78 is 10.5. The number of carbonyl (C=O) groups excluding carboxylic acids is 2. The van der Waals surface area contributed by atoms with Crippen LogP contribution < -0.4 is 10.1 Å². The van der Waals surface area contributed by atoms with Gasteiger partial charge in [-0.2, -0.15) is 0 Å². The van der Waals surface area contributed by atoms with Crippen molar-refractivity contribution in [2.75, 3.05) is 7.11 Å². The van der Waals surface area contributed by atoms with Crippen molar-refractivity contribution in [1.29, 1.82) is 0 Å². The smallest absolute Gasteiger partial charge is 0.355 e. The molecule has 6 nitrogen and oxygen atoms in total. The summed E-state index contributed by atoms with van der Waals surface area (Å²) in [5, 5.41) is 3.66. The third-order valence-corrected chi connectivity index (χ3v) is 4.05. The van der Waals surface area contributed by atoms with Crippen LogP contribution in [0.4, 0.5) is 0 Å². The second-order valence-corrected chi connectivity index (χ2v) is 5.85. The van der Waals surface area contributed by atoms with Gasteiger partial charge in [-0.15, -0.1) is 0 Å². The lowest BCUT2D eigenvalue weighted by molar-refractivity contribution is -0.129. The molecule has 0 bridgehead atoms. The van der Waals surface area contributed by atoms with Gasteiger partial charge in [0.2, 0.25) is 0 Å². The second-order valence-electron chi connectivity index (χ2n) is 5.85. The molecule has 1 aromatic heterocycles. The number of hydrogen-bond donors (Lipinski definition) is 2. The molecule has 6 heteroatoms. The molecule has 2 aromatic carbocycles. The number of amides is 1. The second kappa shape index (κ2) is 7.74. The highest BCUT2D eigenvalue weighted by Crippen LogP contribution is 2.17. The van der Waals surface area contributed by atoms with Gasteiger partial charge in [-0.1, -0.05) is 36.4 Å². The Kier molecular flexibility index (Phi) is 5.22. The molecule has 2 N–H and O–H groups in total. The highest BCUT2D eigenvalue weighted by atomic mass is 16.5. The zero-order valence-electron chi connectivity index (χ0n) is 14.6. The van der Waals surface area contributed by atoms with Gasteiger partial charge in [0.1, 0.15) is 11.4 Å². The molecule has 0 saturated carbocycles. The normalized spacial score (nSPS) is 11.8. The Balaban J connectivity index is 1.59. The van der Waals surface area contributed by atoms with Gasteiger partial charge in [0, 0.05) is 23.0 Å². The summed E-state index contributed by atoms with van der Waals surface area (Å²) in [4.78, 5) is 27.5. The lowest BCUT2D eigenvalue weighted by atomic mass is 10.2. The predicted octanol–water partition coefficient (Wildman–Crippen LogP) is 3.04. The van der Waals surface area contributed by atoms with E-state index in [2.05, 4.69) is 10.3 Å². The van der Waals surface area contributed by atoms with Crippen LogP contribution in [0.25, 0.3) is 10.9 Å². The van der Waals surface area contributed by atoms with Crippen molar-refractivity contribution in [2.45, 2.75) is 19.6 Å². The summed E-state index contributed by atoms with van der Waals surface area (Å²) in [5.74, 6) is -0.253. The van der Waals surface area contributed by atoms with Gasteiger partial charge in [0.25, 0.3) is 5.91 Å². The molecule has 0 unspecified atom stereocenters. The molecule has 0 aliphatic carbocycles. The highest BCUT2D eigenvalue weighted by Gasteiger charge is 2.20. The first-order valence-corrected chi connectivity index (χ1v) is 8.27. The molecule has 0 aliphatic rings. The number of benzene rings is 2. The Morgan fingerprint density at radius 2 is 1.85 bits per heavy atom. The maximum atomic E-state index is 12.3. The van der Waals surface area contributed by atoms with Gasteiger partial charge in [0.05, 0.1) is 7.11 Å². The number of methoxy groups -OCH3 is 1. The molecule has 134 valence electrons. The minimum atomic E-state index is -0.913. The summed E-state index contributed by atoms with van der Waals surface area (Å²) in [7, 11) is 1.57. The first-order chi connectivity index (χ1) is 12.6. The molecular weight excluding hydrogens is 332 g/mol. The Morgan fingerprint density at radius 1 is 1.12 bits per heavy atom. The summed E-state index contributed by atoms with van der Waals surface area (Å²) in [6, 6.07) is 16.6. The summed E-state index contributed by atoms with van der Waals surface area (Å²) in [5.41, 5.74) is 2.00. The lowest BCUT2D eigenvalue weighted by Crippen LogP contribution is -2.35. The average molecular weight is 352 g/mol. The van der Waals surface area contributed by atoms with Crippen molar-refractivity contribution in [1.82, 2.24) is 10.3 Å². The van der Waals surface area contributed by atoms with Crippen LogP contribution in [0.15, 0.2) is 54.6 Å². The quantitative estimate of drug-likeness (QED) is 0.668. The van der Waals surface area contributed by atoms with Crippen molar-refractivity contribution in [3.63, 3.8) is 0 Å². The number of aromatic nitrogens is 1. The van der Waals surface area contributed by atoms with Gasteiger partial charge in [-0.3, -0.25) is 4.79 Å². The Bertz CT molecular complexity index is 899. The molecule has 0 saturated heterocycles. The number of esters is 1. The van der Waals surface area contributed by atoms with Crippen molar-refractivity contribution >= 4 is 22.8 Å². The monoisotopic (exact) mass is 352 g/mol. The molecule has 26 heavy (non-hydrogen) atoms. The number of para-hydroxylation sites is 2. The number of ether oxygens (including phenoxy) is 2. The molecule has 1 amide bonds. The van der Waals surface area contributed by atoms with E-state index in [-0.39, 0.29) is 12.5 Å². The maximum Gasteiger partial charge on any atom is 0.355 e. The van der Waals surface area contributed by atoms with Crippen LogP contribution in [-0.4, -0.2) is 30.1 Å². The standard InChI is InChI=1S/C20H20N2O4/c1-13(19(23)21-12-15-8-4-6-10-18(15)25-2)26-20(24)17-11-14-7-3-5-9-16(14)22-17/h3-11,13,22H,12H2,1-2H3,(H,21,23)/t13-/m1/s1. The third-order valence-electron chi connectivity index (χ3n) is 4.05. The Morgan fingerprint density at radius 3 is 2.62 bits per heavy atom. The fourth-order valence-corrected chi connectivity index (χ4v) is 2.64. The molecule has 1 atom stereocenters. The van der Waals surface area contributed by atoms with E-state index < -0.39 is 12.1 Å². The number of H-pyrrole nitrogens is 1. The summed E-state index contributed by atoms with van der Waals surface area (Å²) in [6.07, 6.45) is -0.913. The number of rotatable bonds is 6. The fraction of sp³-hybridized carbons (Fsp3) is 0.200. The predicted molar refractivity (Wildman–Crippen MR) is 98.0 cm³/mol. The van der Waals surface area contributed by atoms with Gasteiger partial charge in [-0.25, -0.2) is 4.79 Å². The van der Waals surface area contributed by atoms with Crippen LogP contribution in [0.2, 0.25) is 0 Å². The Labute approximate surface area is 151 Å². The van der Waals surface area contributed by atoms with Crippen molar-refractivity contribution < 1.29 is 19.1 Å². The van der Waals surface area contributed by atoms with Crippen LogP contribution in [-0.2, 0) is 16.1 Å². The minimum absolute atomic E-state index is 0.289. The van der Waals surface area contributed by atoms with E-state index in [1.807, 2.05) is 48.5 Å². The van der Waals surface area contributed by atoms with Gasteiger partial charge >= 0.3 is 5.97 Å². The number of aromatic amines is 1. The van der Waals surface area contributed by atoms with E-state index in [4.69, 9.17) is 9.47 Å². The van der Waals surface area contributed by atoms with Crippen LogP contribution in [0, 0.1) is 0 Å². The average Bonchev–Trinajstić information content (AvgIpc) is 3.10. The zero-order chi connectivity index (χ0) is 18.5. The lowest BCUT2D eigenvalue weighted by Gasteiger charge is -2.14. The number of hydrogen-bond acceptors (Lipinski definition) is 4. The first-order valence-electron chi connectivity index (χ1n) is 8.27. The minimum Gasteiger partial charge on any atom is -0.496 e. The van der Waals surface area contributed by atoms with E-state index in [0.29, 0.717) is 11.4 Å². The number of carbonyl (C=O) groups is 2. The largest absolute Gasteiger partial charge is 0.496 e. The van der Waals surface area contributed by atoms with Crippen LogP contribution in [0.1, 0.15) is 23.0 Å². The zero-order valence-corrected chi connectivity index (χ0v) is 14.6. The van der Waals surface area contributed by atoms with E-state index in [1.165, 1.54) is 6.92 Å². The summed E-state index contributed by atoms with van der Waals surface area (Å²) >= 11 is 0. The van der Waals surface area contributed by atoms with Crippen molar-refractivity contribution in [3.8, 4) is 5.75 Å². The summed E-state index contributed by atoms with van der Waals surface area (Å²) in [6.45, 7) is 1.83. The Hall–Kier alpha value is -3.28. The fourth-order valence-electron chi connectivity index (χ4n) is 2.64. The number of fused-ring (bicyclic) bond motifs is 1.